The molecule has 1 aromatic carbocycles. The van der Waals surface area contributed by atoms with Gasteiger partial charge in [0.1, 0.15) is 23.2 Å². The zero-order chi connectivity index (χ0) is 27.1. The minimum atomic E-state index is -1.17. The van der Waals surface area contributed by atoms with E-state index in [9.17, 15) is 14.4 Å². The van der Waals surface area contributed by atoms with Crippen molar-refractivity contribution in [3.8, 4) is 5.75 Å². The standard InChI is InChI=1S/C31H35N3O5/c1-19-7-3-4-11-23(19)33-29(36)28-31-13-12-25(39-31)26(24(35)16-20-8-5-10-22(15-20)38-2)27(31)30(37)34(28)18-21-9-6-14-32-17-21/h5-6,8-10,12-15,17,19,23,25-28H,3-4,7,11,16,18H2,1-2H3,(H,33,36). The summed E-state index contributed by atoms with van der Waals surface area (Å²) in [5.74, 6) is -0.854. The molecule has 2 aromatic rings. The lowest BCUT2D eigenvalue weighted by Crippen LogP contribution is -2.57. The highest BCUT2D eigenvalue weighted by Crippen LogP contribution is 2.55. The number of likely N-dealkylation sites (tertiary alicyclic amines) is 1. The van der Waals surface area contributed by atoms with Crippen LogP contribution in [0.25, 0.3) is 0 Å². The van der Waals surface area contributed by atoms with Gasteiger partial charge in [-0.3, -0.25) is 19.4 Å². The van der Waals surface area contributed by atoms with Crippen LogP contribution in [0, 0.1) is 17.8 Å². The van der Waals surface area contributed by atoms with Gasteiger partial charge in [0.25, 0.3) is 0 Å². The number of amides is 2. The summed E-state index contributed by atoms with van der Waals surface area (Å²) in [5.41, 5.74) is 0.475. The molecule has 2 bridgehead atoms. The number of carbonyl (C=O) groups excluding carboxylic acids is 3. The Hall–Kier alpha value is -3.52. The second-order valence-corrected chi connectivity index (χ2v) is 11.4. The molecule has 1 saturated carbocycles. The first kappa shape index (κ1) is 25.7. The van der Waals surface area contributed by atoms with E-state index in [1.807, 2.05) is 48.6 Å². The first-order valence-corrected chi connectivity index (χ1v) is 13.9. The molecule has 4 aliphatic rings. The van der Waals surface area contributed by atoms with Gasteiger partial charge in [-0.2, -0.15) is 0 Å². The van der Waals surface area contributed by atoms with Gasteiger partial charge in [-0.15, -0.1) is 0 Å². The van der Waals surface area contributed by atoms with Gasteiger partial charge in [-0.25, -0.2) is 0 Å². The summed E-state index contributed by atoms with van der Waals surface area (Å²) in [6, 6.07) is 10.3. The highest BCUT2D eigenvalue weighted by molar-refractivity contribution is 6.00. The minimum absolute atomic E-state index is 0.0603. The number of aromatic nitrogens is 1. The van der Waals surface area contributed by atoms with Gasteiger partial charge < -0.3 is 19.7 Å². The van der Waals surface area contributed by atoms with Gasteiger partial charge in [0.15, 0.2) is 0 Å². The lowest BCUT2D eigenvalue weighted by molar-refractivity contribution is -0.142. The average molecular weight is 530 g/mol. The molecule has 1 aromatic heterocycles. The first-order chi connectivity index (χ1) is 18.9. The molecule has 39 heavy (non-hydrogen) atoms. The van der Waals surface area contributed by atoms with E-state index in [1.165, 1.54) is 6.42 Å². The van der Waals surface area contributed by atoms with E-state index < -0.39 is 29.6 Å². The van der Waals surface area contributed by atoms with E-state index >= 15 is 0 Å². The summed E-state index contributed by atoms with van der Waals surface area (Å²) in [6.45, 7) is 2.39. The number of methoxy groups -OCH3 is 1. The zero-order valence-electron chi connectivity index (χ0n) is 22.4. The molecule has 204 valence electrons. The van der Waals surface area contributed by atoms with Gasteiger partial charge in [-0.05, 0) is 48.1 Å². The van der Waals surface area contributed by atoms with E-state index in [0.717, 1.165) is 30.4 Å². The topological polar surface area (TPSA) is 97.8 Å². The number of ether oxygens (including phenoxy) is 2. The molecule has 2 amide bonds. The molecule has 0 radical (unpaired) electrons. The maximum Gasteiger partial charge on any atom is 0.246 e. The van der Waals surface area contributed by atoms with Gasteiger partial charge in [0.2, 0.25) is 11.8 Å². The van der Waals surface area contributed by atoms with Crippen molar-refractivity contribution < 1.29 is 23.9 Å². The molecule has 1 N–H and O–H groups in total. The molecule has 7 unspecified atom stereocenters. The Kier molecular flexibility index (Phi) is 6.75. The summed E-state index contributed by atoms with van der Waals surface area (Å²) >= 11 is 0. The Bertz CT molecular complexity index is 1300. The van der Waals surface area contributed by atoms with Crippen molar-refractivity contribution in [3.05, 3.63) is 72.1 Å². The van der Waals surface area contributed by atoms with E-state index in [1.54, 1.807) is 24.4 Å². The highest BCUT2D eigenvalue weighted by Gasteiger charge is 2.72. The van der Waals surface area contributed by atoms with Gasteiger partial charge in [-0.1, -0.05) is 50.1 Å². The van der Waals surface area contributed by atoms with E-state index in [4.69, 9.17) is 9.47 Å². The molecule has 2 saturated heterocycles. The van der Waals surface area contributed by atoms with Crippen molar-refractivity contribution in [1.82, 2.24) is 15.2 Å². The summed E-state index contributed by atoms with van der Waals surface area (Å²) < 4.78 is 11.8. The lowest BCUT2D eigenvalue weighted by atomic mass is 9.72. The highest BCUT2D eigenvalue weighted by atomic mass is 16.5. The van der Waals surface area contributed by atoms with Crippen molar-refractivity contribution >= 4 is 17.6 Å². The molecule has 3 fully saturated rings. The number of fused-ring (bicyclic) bond motifs is 1. The lowest BCUT2D eigenvalue weighted by Gasteiger charge is -2.36. The Balaban J connectivity index is 1.32. The van der Waals surface area contributed by atoms with Crippen molar-refractivity contribution in [1.29, 1.82) is 0 Å². The van der Waals surface area contributed by atoms with Gasteiger partial charge in [0, 0.05) is 31.4 Å². The van der Waals surface area contributed by atoms with Crippen molar-refractivity contribution in [3.63, 3.8) is 0 Å². The number of nitrogens with zero attached hydrogens (tertiary/aromatic N) is 2. The number of carbonyl (C=O) groups is 3. The maximum atomic E-state index is 14.2. The summed E-state index contributed by atoms with van der Waals surface area (Å²) in [6.07, 6.45) is 11.0. The molecule has 1 aliphatic carbocycles. The van der Waals surface area contributed by atoms with E-state index in [0.29, 0.717) is 11.7 Å². The number of hydrogen-bond donors (Lipinski definition) is 1. The van der Waals surface area contributed by atoms with Crippen molar-refractivity contribution in [2.24, 2.45) is 17.8 Å². The van der Waals surface area contributed by atoms with Crippen LogP contribution in [0.15, 0.2) is 60.9 Å². The van der Waals surface area contributed by atoms with Gasteiger partial charge >= 0.3 is 0 Å². The number of rotatable bonds is 8. The Morgan fingerprint density at radius 1 is 1.18 bits per heavy atom. The van der Waals surface area contributed by atoms with E-state index in [2.05, 4.69) is 17.2 Å². The SMILES string of the molecule is COc1cccc(CC(=O)C2C3C=CC4(O3)C2C(=O)N(Cc2cccnc2)C4C(=O)NC2CCCCC2C)c1. The molecule has 3 aliphatic heterocycles. The molecule has 8 heteroatoms. The molecule has 1 spiro atoms. The molecule has 7 atom stereocenters. The Morgan fingerprint density at radius 2 is 2.00 bits per heavy atom. The summed E-state index contributed by atoms with van der Waals surface area (Å²) in [4.78, 5) is 47.8. The fourth-order valence-electron chi connectivity index (χ4n) is 7.09. The second-order valence-electron chi connectivity index (χ2n) is 11.4. The number of Topliss-reactive ketones (excluding diaryl/α,β-unsaturated/α-hetero) is 1. The number of pyridine rings is 1. The predicted octanol–water partition coefficient (Wildman–Crippen LogP) is 3.25. The molecule has 4 heterocycles. The van der Waals surface area contributed by atoms with Crippen LogP contribution in [0.4, 0.5) is 0 Å². The predicted molar refractivity (Wildman–Crippen MR) is 144 cm³/mol. The van der Waals surface area contributed by atoms with Crippen LogP contribution < -0.4 is 10.1 Å². The maximum absolute atomic E-state index is 14.2. The normalized spacial score (nSPS) is 32.8. The summed E-state index contributed by atoms with van der Waals surface area (Å²) in [5, 5.41) is 3.27. The van der Waals surface area contributed by atoms with E-state index in [-0.39, 0.29) is 36.6 Å². The van der Waals surface area contributed by atoms with Crippen LogP contribution in [-0.2, 0) is 32.1 Å². The van der Waals surface area contributed by atoms with Crippen LogP contribution in [0.3, 0.4) is 0 Å². The molecular formula is C31H35N3O5. The number of ketones is 1. The van der Waals surface area contributed by atoms with Crippen LogP contribution >= 0.6 is 0 Å². The number of nitrogens with one attached hydrogen (secondary N) is 1. The summed E-state index contributed by atoms with van der Waals surface area (Å²) in [7, 11) is 1.59. The fraction of sp³-hybridized carbons (Fsp3) is 0.484. The minimum Gasteiger partial charge on any atom is -0.497 e. The Morgan fingerprint density at radius 3 is 2.77 bits per heavy atom. The molecule has 8 nitrogen and oxygen atoms in total. The van der Waals surface area contributed by atoms with Crippen LogP contribution in [0.2, 0.25) is 0 Å². The molecular weight excluding hydrogens is 494 g/mol. The van der Waals surface area contributed by atoms with Crippen LogP contribution in [0.1, 0.15) is 43.7 Å². The Labute approximate surface area is 228 Å². The number of hydrogen-bond acceptors (Lipinski definition) is 6. The third kappa shape index (κ3) is 4.44. The molecule has 6 rings (SSSR count). The van der Waals surface area contributed by atoms with Gasteiger partial charge in [0.05, 0.1) is 25.0 Å². The quantitative estimate of drug-likeness (QED) is 0.528. The van der Waals surface area contributed by atoms with Crippen molar-refractivity contribution in [2.75, 3.05) is 7.11 Å². The van der Waals surface area contributed by atoms with Crippen molar-refractivity contribution in [2.45, 2.75) is 69.4 Å². The third-order valence-electron chi connectivity index (χ3n) is 9.02. The smallest absolute Gasteiger partial charge is 0.246 e. The largest absolute Gasteiger partial charge is 0.497 e. The fourth-order valence-corrected chi connectivity index (χ4v) is 7.09. The first-order valence-electron chi connectivity index (χ1n) is 13.9. The van der Waals surface area contributed by atoms with Crippen LogP contribution in [-0.4, -0.2) is 58.4 Å². The second kappa shape index (κ2) is 10.2. The van der Waals surface area contributed by atoms with Crippen LogP contribution in [0.5, 0.6) is 5.75 Å². The number of benzene rings is 1. The average Bonchev–Trinajstić information content (AvgIpc) is 3.58. The third-order valence-corrected chi connectivity index (χ3v) is 9.02. The monoisotopic (exact) mass is 529 g/mol. The zero-order valence-corrected chi connectivity index (χ0v) is 22.4.